The zero-order chi connectivity index (χ0) is 18.2. The Morgan fingerprint density at radius 2 is 1.72 bits per heavy atom. The maximum Gasteiger partial charge on any atom is 0.416 e. The van der Waals surface area contributed by atoms with Gasteiger partial charge in [-0.2, -0.15) is 13.2 Å². The van der Waals surface area contributed by atoms with Gasteiger partial charge in [0.15, 0.2) is 0 Å². The number of carbonyl (C=O) groups excluding carboxylic acids is 2. The van der Waals surface area contributed by atoms with Crippen molar-refractivity contribution in [1.29, 1.82) is 0 Å². The molecule has 2 amide bonds. The van der Waals surface area contributed by atoms with Gasteiger partial charge in [-0.25, -0.2) is 5.01 Å². The van der Waals surface area contributed by atoms with Gasteiger partial charge in [-0.1, -0.05) is 34.1 Å². The highest BCUT2D eigenvalue weighted by Gasteiger charge is 2.36. The molecule has 0 radical (unpaired) electrons. The predicted molar refractivity (Wildman–Crippen MR) is 89.2 cm³/mol. The molecule has 0 aromatic heterocycles. The van der Waals surface area contributed by atoms with Gasteiger partial charge in [0.2, 0.25) is 0 Å². The zero-order valence-corrected chi connectivity index (χ0v) is 14.1. The van der Waals surface area contributed by atoms with E-state index in [1.165, 1.54) is 18.2 Å². The Morgan fingerprint density at radius 3 is 2.36 bits per heavy atom. The fourth-order valence-corrected chi connectivity index (χ4v) is 2.55. The third-order valence-corrected chi connectivity index (χ3v) is 4.03. The molecule has 1 heterocycles. The maximum absolute atomic E-state index is 12.8. The molecule has 4 nitrogen and oxygen atoms in total. The SMILES string of the molecule is O=C1NN(c2cccc(C(F)(F)F)c2)C(=O)/C1=C\c1ccc(Br)cc1. The molecule has 25 heavy (non-hydrogen) atoms. The van der Waals surface area contributed by atoms with Crippen molar-refractivity contribution in [2.24, 2.45) is 0 Å². The van der Waals surface area contributed by atoms with Crippen LogP contribution in [0.3, 0.4) is 0 Å². The van der Waals surface area contributed by atoms with Crippen molar-refractivity contribution < 1.29 is 22.8 Å². The van der Waals surface area contributed by atoms with Crippen molar-refractivity contribution in [3.8, 4) is 0 Å². The lowest BCUT2D eigenvalue weighted by molar-refractivity contribution is -0.137. The summed E-state index contributed by atoms with van der Waals surface area (Å²) in [5.41, 5.74) is 1.78. The molecule has 0 atom stereocenters. The van der Waals surface area contributed by atoms with E-state index in [0.717, 1.165) is 21.6 Å². The summed E-state index contributed by atoms with van der Waals surface area (Å²) in [7, 11) is 0. The van der Waals surface area contributed by atoms with Crippen molar-refractivity contribution in [3.05, 3.63) is 69.7 Å². The summed E-state index contributed by atoms with van der Waals surface area (Å²) in [6.07, 6.45) is -3.16. The largest absolute Gasteiger partial charge is 0.416 e. The number of amides is 2. The highest BCUT2D eigenvalue weighted by Crippen LogP contribution is 2.32. The van der Waals surface area contributed by atoms with Crippen LogP contribution in [0.5, 0.6) is 0 Å². The summed E-state index contributed by atoms with van der Waals surface area (Å²) in [6, 6.07) is 11.1. The Morgan fingerprint density at radius 1 is 1.04 bits per heavy atom. The van der Waals surface area contributed by atoms with Crippen molar-refractivity contribution in [2.75, 3.05) is 5.01 Å². The molecule has 1 fully saturated rings. The molecular weight excluding hydrogens is 401 g/mol. The van der Waals surface area contributed by atoms with E-state index in [1.807, 2.05) is 0 Å². The van der Waals surface area contributed by atoms with Gasteiger partial charge in [0.25, 0.3) is 11.8 Å². The van der Waals surface area contributed by atoms with E-state index in [9.17, 15) is 22.8 Å². The standard InChI is InChI=1S/C17H10BrF3N2O2/c18-12-6-4-10(5-7-12)8-14-15(24)22-23(16(14)25)13-3-1-2-11(9-13)17(19,20)21/h1-9H,(H,22,24)/b14-8-. The van der Waals surface area contributed by atoms with Gasteiger partial charge in [-0.3, -0.25) is 15.0 Å². The van der Waals surface area contributed by atoms with Gasteiger partial charge in [-0.05, 0) is 42.0 Å². The number of rotatable bonds is 2. The number of alkyl halides is 3. The quantitative estimate of drug-likeness (QED) is 0.602. The summed E-state index contributed by atoms with van der Waals surface area (Å²) < 4.78 is 39.3. The van der Waals surface area contributed by atoms with Crippen molar-refractivity contribution in [1.82, 2.24) is 5.43 Å². The van der Waals surface area contributed by atoms with Gasteiger partial charge in [0, 0.05) is 4.47 Å². The molecule has 128 valence electrons. The Bertz CT molecular complexity index is 876. The van der Waals surface area contributed by atoms with Crippen LogP contribution in [0.15, 0.2) is 58.6 Å². The van der Waals surface area contributed by atoms with Crippen LogP contribution in [0.1, 0.15) is 11.1 Å². The van der Waals surface area contributed by atoms with Gasteiger partial charge < -0.3 is 0 Å². The number of hydrogen-bond acceptors (Lipinski definition) is 2. The van der Waals surface area contributed by atoms with Crippen LogP contribution in [0.4, 0.5) is 18.9 Å². The van der Waals surface area contributed by atoms with E-state index >= 15 is 0 Å². The topological polar surface area (TPSA) is 49.4 Å². The average Bonchev–Trinajstić information content (AvgIpc) is 2.84. The summed E-state index contributed by atoms with van der Waals surface area (Å²) in [4.78, 5) is 24.5. The molecular formula is C17H10BrF3N2O2. The highest BCUT2D eigenvalue weighted by atomic mass is 79.9. The molecule has 0 aliphatic carbocycles. The fraction of sp³-hybridized carbons (Fsp3) is 0.0588. The lowest BCUT2D eigenvalue weighted by Gasteiger charge is -2.16. The van der Waals surface area contributed by atoms with Crippen LogP contribution in [0.2, 0.25) is 0 Å². The van der Waals surface area contributed by atoms with Crippen LogP contribution in [-0.2, 0) is 15.8 Å². The van der Waals surface area contributed by atoms with Crippen LogP contribution >= 0.6 is 15.9 Å². The molecule has 2 aromatic rings. The zero-order valence-electron chi connectivity index (χ0n) is 12.5. The number of halogens is 4. The van der Waals surface area contributed by atoms with E-state index in [-0.39, 0.29) is 11.3 Å². The molecule has 3 rings (SSSR count). The number of nitrogens with zero attached hydrogens (tertiary/aromatic N) is 1. The van der Waals surface area contributed by atoms with Crippen molar-refractivity contribution in [3.63, 3.8) is 0 Å². The lowest BCUT2D eigenvalue weighted by atomic mass is 10.1. The molecule has 0 spiro atoms. The van der Waals surface area contributed by atoms with Crippen LogP contribution in [0, 0.1) is 0 Å². The second-order valence-corrected chi connectivity index (χ2v) is 6.15. The normalized spacial score (nSPS) is 16.5. The minimum Gasteiger partial charge on any atom is -0.267 e. The third-order valence-electron chi connectivity index (χ3n) is 3.50. The van der Waals surface area contributed by atoms with Crippen LogP contribution in [0.25, 0.3) is 6.08 Å². The van der Waals surface area contributed by atoms with E-state index in [0.29, 0.717) is 5.56 Å². The Hall–Kier alpha value is -2.61. The summed E-state index contributed by atoms with van der Waals surface area (Å²) >= 11 is 3.28. The molecule has 2 aromatic carbocycles. The molecule has 0 bridgehead atoms. The third kappa shape index (κ3) is 3.58. The first-order chi connectivity index (χ1) is 11.8. The summed E-state index contributed by atoms with van der Waals surface area (Å²) in [5, 5.41) is 0.808. The van der Waals surface area contributed by atoms with Gasteiger partial charge >= 0.3 is 6.18 Å². The first-order valence-electron chi connectivity index (χ1n) is 7.06. The van der Waals surface area contributed by atoms with Crippen LogP contribution < -0.4 is 10.4 Å². The molecule has 0 unspecified atom stereocenters. The van der Waals surface area contributed by atoms with E-state index < -0.39 is 23.6 Å². The van der Waals surface area contributed by atoms with Crippen molar-refractivity contribution in [2.45, 2.75) is 6.18 Å². The molecule has 0 saturated carbocycles. The number of benzene rings is 2. The van der Waals surface area contributed by atoms with Gasteiger partial charge in [0.05, 0.1) is 11.3 Å². The number of anilines is 1. The fourth-order valence-electron chi connectivity index (χ4n) is 2.29. The minimum absolute atomic E-state index is 0.0626. The molecule has 8 heteroatoms. The smallest absolute Gasteiger partial charge is 0.267 e. The first kappa shape index (κ1) is 17.2. The number of hydrogen-bond donors (Lipinski definition) is 1. The minimum atomic E-state index is -4.54. The van der Waals surface area contributed by atoms with Gasteiger partial charge in [-0.15, -0.1) is 0 Å². The van der Waals surface area contributed by atoms with Crippen molar-refractivity contribution >= 4 is 39.5 Å². The monoisotopic (exact) mass is 410 g/mol. The van der Waals surface area contributed by atoms with E-state index in [1.54, 1.807) is 24.3 Å². The highest BCUT2D eigenvalue weighted by molar-refractivity contribution is 9.10. The Kier molecular flexibility index (Phi) is 4.38. The Balaban J connectivity index is 1.93. The Labute approximate surface area is 149 Å². The van der Waals surface area contributed by atoms with Crippen LogP contribution in [-0.4, -0.2) is 11.8 Å². The second kappa shape index (κ2) is 6.36. The molecule has 1 N–H and O–H groups in total. The number of nitrogens with one attached hydrogen (secondary N) is 1. The van der Waals surface area contributed by atoms with E-state index in [4.69, 9.17) is 0 Å². The second-order valence-electron chi connectivity index (χ2n) is 5.24. The number of hydrazine groups is 1. The number of carbonyl (C=O) groups is 2. The summed E-state index contributed by atoms with van der Waals surface area (Å²) in [5.74, 6) is -1.39. The molecule has 1 aliphatic heterocycles. The lowest BCUT2D eigenvalue weighted by Crippen LogP contribution is -2.35. The predicted octanol–water partition coefficient (Wildman–Crippen LogP) is 3.93. The average molecular weight is 411 g/mol. The molecule has 1 saturated heterocycles. The van der Waals surface area contributed by atoms with E-state index in [2.05, 4.69) is 21.4 Å². The summed E-state index contributed by atoms with van der Waals surface area (Å²) in [6.45, 7) is 0. The first-order valence-corrected chi connectivity index (χ1v) is 7.85. The molecule has 1 aliphatic rings. The van der Waals surface area contributed by atoms with Gasteiger partial charge in [0.1, 0.15) is 5.57 Å². The maximum atomic E-state index is 12.8.